The Morgan fingerprint density at radius 1 is 1.47 bits per heavy atom. The summed E-state index contributed by atoms with van der Waals surface area (Å²) < 4.78 is 13.1. The molecule has 2 nitrogen and oxygen atoms in total. The third-order valence-corrected chi connectivity index (χ3v) is 4.40. The highest BCUT2D eigenvalue weighted by Gasteiger charge is 2.23. The summed E-state index contributed by atoms with van der Waals surface area (Å²) in [5, 5.41) is 3.36. The summed E-state index contributed by atoms with van der Waals surface area (Å²) >= 11 is 0. The quantitative estimate of drug-likeness (QED) is 0.899. The summed E-state index contributed by atoms with van der Waals surface area (Å²) in [6, 6.07) is 5.69. The highest BCUT2D eigenvalue weighted by molar-refractivity contribution is 5.26. The molecule has 106 valence electrons. The van der Waals surface area contributed by atoms with Crippen molar-refractivity contribution in [2.75, 3.05) is 20.1 Å². The number of halogens is 1. The molecule has 0 bridgehead atoms. The summed E-state index contributed by atoms with van der Waals surface area (Å²) in [5.41, 5.74) is 2.31. The van der Waals surface area contributed by atoms with Crippen LogP contribution in [0.4, 0.5) is 4.39 Å². The maximum atomic E-state index is 13.1. The van der Waals surface area contributed by atoms with Crippen LogP contribution in [0.5, 0.6) is 0 Å². The average Bonchev–Trinajstić information content (AvgIpc) is 2.41. The van der Waals surface area contributed by atoms with E-state index in [9.17, 15) is 4.39 Å². The zero-order valence-corrected chi connectivity index (χ0v) is 12.2. The van der Waals surface area contributed by atoms with Gasteiger partial charge in [0.05, 0.1) is 0 Å². The van der Waals surface area contributed by atoms with Gasteiger partial charge in [-0.3, -0.25) is 4.90 Å². The Hall–Kier alpha value is -0.930. The molecule has 1 N–H and O–H groups in total. The van der Waals surface area contributed by atoms with E-state index < -0.39 is 0 Å². The van der Waals surface area contributed by atoms with Crippen molar-refractivity contribution in [1.82, 2.24) is 10.2 Å². The fourth-order valence-electron chi connectivity index (χ4n) is 2.96. The number of aryl methyl sites for hydroxylation is 1. The number of nitrogens with zero attached hydrogens (tertiary/aromatic N) is 1. The van der Waals surface area contributed by atoms with Crippen LogP contribution in [-0.4, -0.2) is 31.1 Å². The van der Waals surface area contributed by atoms with Gasteiger partial charge in [-0.25, -0.2) is 4.39 Å². The van der Waals surface area contributed by atoms with Crippen LogP contribution in [0.1, 0.15) is 30.9 Å². The highest BCUT2D eigenvalue weighted by Crippen LogP contribution is 2.22. The minimum Gasteiger partial charge on any atom is -0.317 e. The van der Waals surface area contributed by atoms with Crippen molar-refractivity contribution in [3.8, 4) is 0 Å². The van der Waals surface area contributed by atoms with Gasteiger partial charge in [-0.2, -0.15) is 0 Å². The topological polar surface area (TPSA) is 15.3 Å². The molecular weight excluding hydrogens is 239 g/mol. The standard InChI is InChI=1S/C16H25FN2/c1-12-9-16(17)7-6-14(12)10-19-8-4-5-15(11-19)13(2)18-3/h6-7,9,13,15,18H,4-5,8,10-11H2,1-3H3. The molecule has 1 aromatic rings. The van der Waals surface area contributed by atoms with Crippen LogP contribution in [0.3, 0.4) is 0 Å². The molecule has 1 saturated heterocycles. The maximum Gasteiger partial charge on any atom is 0.123 e. The summed E-state index contributed by atoms with van der Waals surface area (Å²) in [6.07, 6.45) is 2.57. The van der Waals surface area contributed by atoms with Crippen molar-refractivity contribution >= 4 is 0 Å². The van der Waals surface area contributed by atoms with Crippen LogP contribution in [0.25, 0.3) is 0 Å². The number of hydrogen-bond donors (Lipinski definition) is 1. The molecule has 2 rings (SSSR count). The van der Waals surface area contributed by atoms with Gasteiger partial charge in [-0.1, -0.05) is 6.07 Å². The first kappa shape index (κ1) is 14.5. The molecule has 0 saturated carbocycles. The number of likely N-dealkylation sites (tertiary alicyclic amines) is 1. The van der Waals surface area contributed by atoms with Crippen LogP contribution in [0.15, 0.2) is 18.2 Å². The largest absolute Gasteiger partial charge is 0.317 e. The SMILES string of the molecule is CNC(C)C1CCCN(Cc2ccc(F)cc2C)C1. The lowest BCUT2D eigenvalue weighted by Crippen LogP contribution is -2.43. The lowest BCUT2D eigenvalue weighted by Gasteiger charge is -2.36. The predicted octanol–water partition coefficient (Wildman–Crippen LogP) is 2.95. The van der Waals surface area contributed by atoms with Crippen molar-refractivity contribution in [2.45, 2.75) is 39.3 Å². The number of nitrogens with one attached hydrogen (secondary N) is 1. The molecule has 1 fully saturated rings. The van der Waals surface area contributed by atoms with Gasteiger partial charge in [0.25, 0.3) is 0 Å². The Morgan fingerprint density at radius 3 is 2.95 bits per heavy atom. The maximum absolute atomic E-state index is 13.1. The predicted molar refractivity (Wildman–Crippen MR) is 77.7 cm³/mol. The smallest absolute Gasteiger partial charge is 0.123 e. The Morgan fingerprint density at radius 2 is 2.26 bits per heavy atom. The number of benzene rings is 1. The van der Waals surface area contributed by atoms with E-state index in [1.807, 2.05) is 20.0 Å². The molecule has 0 amide bonds. The molecule has 0 radical (unpaired) electrons. The van der Waals surface area contributed by atoms with E-state index >= 15 is 0 Å². The Kier molecular flexibility index (Phi) is 4.94. The molecule has 1 aromatic carbocycles. The monoisotopic (exact) mass is 264 g/mol. The lowest BCUT2D eigenvalue weighted by atomic mass is 9.91. The third-order valence-electron chi connectivity index (χ3n) is 4.40. The molecule has 2 unspecified atom stereocenters. The molecule has 2 atom stereocenters. The normalized spacial score (nSPS) is 22.4. The van der Waals surface area contributed by atoms with E-state index in [0.717, 1.165) is 31.1 Å². The highest BCUT2D eigenvalue weighted by atomic mass is 19.1. The van der Waals surface area contributed by atoms with Gasteiger partial charge in [-0.05, 0) is 69.5 Å². The third kappa shape index (κ3) is 3.77. The molecule has 1 heterocycles. The zero-order chi connectivity index (χ0) is 13.8. The second-order valence-corrected chi connectivity index (χ2v) is 5.79. The van der Waals surface area contributed by atoms with Gasteiger partial charge in [0, 0.05) is 19.1 Å². The molecule has 1 aliphatic rings. The first-order valence-corrected chi connectivity index (χ1v) is 7.25. The minimum atomic E-state index is -0.137. The van der Waals surface area contributed by atoms with Crippen molar-refractivity contribution in [2.24, 2.45) is 5.92 Å². The van der Waals surface area contributed by atoms with E-state index in [1.165, 1.54) is 18.4 Å². The molecule has 0 aliphatic carbocycles. The van der Waals surface area contributed by atoms with E-state index in [0.29, 0.717) is 6.04 Å². The fraction of sp³-hybridized carbons (Fsp3) is 0.625. The number of piperidine rings is 1. The first-order valence-electron chi connectivity index (χ1n) is 7.25. The van der Waals surface area contributed by atoms with E-state index in [2.05, 4.69) is 17.1 Å². The first-order chi connectivity index (χ1) is 9.10. The zero-order valence-electron chi connectivity index (χ0n) is 12.2. The summed E-state index contributed by atoms with van der Waals surface area (Å²) in [4.78, 5) is 2.50. The van der Waals surface area contributed by atoms with Crippen molar-refractivity contribution < 1.29 is 4.39 Å². The van der Waals surface area contributed by atoms with Gasteiger partial charge < -0.3 is 5.32 Å². The fourth-order valence-corrected chi connectivity index (χ4v) is 2.96. The second-order valence-electron chi connectivity index (χ2n) is 5.79. The van der Waals surface area contributed by atoms with Crippen molar-refractivity contribution in [3.63, 3.8) is 0 Å². The Balaban J connectivity index is 1.98. The Bertz CT molecular complexity index is 419. The second kappa shape index (κ2) is 6.49. The summed E-state index contributed by atoms with van der Waals surface area (Å²) in [6.45, 7) is 7.50. The Labute approximate surface area is 116 Å². The molecule has 0 spiro atoms. The van der Waals surface area contributed by atoms with Crippen LogP contribution in [0, 0.1) is 18.7 Å². The number of hydrogen-bond acceptors (Lipinski definition) is 2. The molecular formula is C16H25FN2. The molecule has 1 aliphatic heterocycles. The van der Waals surface area contributed by atoms with E-state index in [4.69, 9.17) is 0 Å². The molecule has 3 heteroatoms. The van der Waals surface area contributed by atoms with Gasteiger partial charge in [0.1, 0.15) is 5.82 Å². The van der Waals surface area contributed by atoms with Crippen LogP contribution < -0.4 is 5.32 Å². The van der Waals surface area contributed by atoms with Gasteiger partial charge in [0.15, 0.2) is 0 Å². The van der Waals surface area contributed by atoms with Gasteiger partial charge in [-0.15, -0.1) is 0 Å². The van der Waals surface area contributed by atoms with E-state index in [-0.39, 0.29) is 5.82 Å². The summed E-state index contributed by atoms with van der Waals surface area (Å²) in [5.74, 6) is 0.584. The summed E-state index contributed by atoms with van der Waals surface area (Å²) in [7, 11) is 2.04. The van der Waals surface area contributed by atoms with Crippen LogP contribution >= 0.6 is 0 Å². The van der Waals surface area contributed by atoms with Crippen LogP contribution in [-0.2, 0) is 6.54 Å². The average molecular weight is 264 g/mol. The number of rotatable bonds is 4. The van der Waals surface area contributed by atoms with Crippen molar-refractivity contribution in [1.29, 1.82) is 0 Å². The van der Waals surface area contributed by atoms with Crippen LogP contribution in [0.2, 0.25) is 0 Å². The van der Waals surface area contributed by atoms with Gasteiger partial charge >= 0.3 is 0 Å². The molecule has 19 heavy (non-hydrogen) atoms. The van der Waals surface area contributed by atoms with Gasteiger partial charge in [0.2, 0.25) is 0 Å². The minimum absolute atomic E-state index is 0.137. The van der Waals surface area contributed by atoms with Crippen molar-refractivity contribution in [3.05, 3.63) is 35.1 Å². The van der Waals surface area contributed by atoms with E-state index in [1.54, 1.807) is 12.1 Å². The molecule has 0 aromatic heterocycles. The lowest BCUT2D eigenvalue weighted by molar-refractivity contribution is 0.146.